The number of nitrogens with one attached hydrogen (secondary N) is 1. The van der Waals surface area contributed by atoms with E-state index in [4.69, 9.17) is 10.5 Å². The summed E-state index contributed by atoms with van der Waals surface area (Å²) in [7, 11) is 0. The SMILES string of the molecule is CCn1cc(C#CCNC(=O)COCCC(C)C)c(N)nc1=O. The Bertz CT molecular complexity index is 641. The van der Waals surface area contributed by atoms with Gasteiger partial charge in [-0.1, -0.05) is 25.7 Å². The van der Waals surface area contributed by atoms with Gasteiger partial charge in [0.05, 0.1) is 12.1 Å². The number of anilines is 1. The molecule has 0 aliphatic heterocycles. The van der Waals surface area contributed by atoms with Crippen molar-refractivity contribution in [2.75, 3.05) is 25.5 Å². The summed E-state index contributed by atoms with van der Waals surface area (Å²) in [6.45, 7) is 7.29. The highest BCUT2D eigenvalue weighted by Gasteiger charge is 2.03. The summed E-state index contributed by atoms with van der Waals surface area (Å²) < 4.78 is 6.67. The fourth-order valence-electron chi connectivity index (χ4n) is 1.64. The first-order valence-electron chi connectivity index (χ1n) is 7.64. The second kappa shape index (κ2) is 9.64. The third-order valence-electron chi connectivity index (χ3n) is 3.03. The van der Waals surface area contributed by atoms with Crippen molar-refractivity contribution in [3.63, 3.8) is 0 Å². The van der Waals surface area contributed by atoms with Gasteiger partial charge in [0.2, 0.25) is 5.91 Å². The molecular weight excluding hydrogens is 296 g/mol. The molecule has 1 amide bonds. The number of aryl methyl sites for hydroxylation is 1. The second-order valence-corrected chi connectivity index (χ2v) is 5.42. The minimum atomic E-state index is -0.401. The van der Waals surface area contributed by atoms with Gasteiger partial charge >= 0.3 is 5.69 Å². The summed E-state index contributed by atoms with van der Waals surface area (Å²) in [5, 5.41) is 2.63. The zero-order valence-electron chi connectivity index (χ0n) is 13.9. The lowest BCUT2D eigenvalue weighted by Crippen LogP contribution is -2.28. The molecule has 1 aromatic heterocycles. The molecule has 0 saturated heterocycles. The molecule has 0 aliphatic carbocycles. The first-order valence-corrected chi connectivity index (χ1v) is 7.64. The Morgan fingerprint density at radius 2 is 2.26 bits per heavy atom. The number of carbonyl (C=O) groups excluding carboxylic acids is 1. The molecule has 7 heteroatoms. The number of amides is 1. The van der Waals surface area contributed by atoms with E-state index in [1.54, 1.807) is 6.20 Å². The van der Waals surface area contributed by atoms with Crippen molar-refractivity contribution in [2.24, 2.45) is 5.92 Å². The van der Waals surface area contributed by atoms with E-state index < -0.39 is 5.69 Å². The van der Waals surface area contributed by atoms with Crippen LogP contribution in [0.5, 0.6) is 0 Å². The molecule has 1 rings (SSSR count). The van der Waals surface area contributed by atoms with Crippen molar-refractivity contribution in [1.29, 1.82) is 0 Å². The molecule has 126 valence electrons. The van der Waals surface area contributed by atoms with Crippen LogP contribution in [-0.4, -0.2) is 35.2 Å². The number of ether oxygens (including phenoxy) is 1. The number of carbonyl (C=O) groups is 1. The van der Waals surface area contributed by atoms with Crippen molar-refractivity contribution < 1.29 is 9.53 Å². The van der Waals surface area contributed by atoms with Crippen LogP contribution >= 0.6 is 0 Å². The second-order valence-electron chi connectivity index (χ2n) is 5.42. The van der Waals surface area contributed by atoms with Crippen LogP contribution in [0.1, 0.15) is 32.8 Å². The summed E-state index contributed by atoms with van der Waals surface area (Å²) in [5.74, 6) is 6.01. The number of nitrogen functional groups attached to an aromatic ring is 1. The van der Waals surface area contributed by atoms with E-state index in [1.807, 2.05) is 6.92 Å². The highest BCUT2D eigenvalue weighted by Crippen LogP contribution is 2.02. The first-order chi connectivity index (χ1) is 10.9. The summed E-state index contributed by atoms with van der Waals surface area (Å²) in [4.78, 5) is 26.7. The molecule has 0 aromatic carbocycles. The molecule has 0 bridgehead atoms. The monoisotopic (exact) mass is 320 g/mol. The zero-order chi connectivity index (χ0) is 17.2. The van der Waals surface area contributed by atoms with Gasteiger partial charge in [-0.05, 0) is 19.3 Å². The third kappa shape index (κ3) is 6.98. The van der Waals surface area contributed by atoms with Crippen LogP contribution in [0.4, 0.5) is 5.82 Å². The van der Waals surface area contributed by atoms with Crippen LogP contribution in [-0.2, 0) is 16.1 Å². The maximum absolute atomic E-state index is 11.5. The summed E-state index contributed by atoms with van der Waals surface area (Å²) in [6.07, 6.45) is 2.49. The highest BCUT2D eigenvalue weighted by molar-refractivity contribution is 5.77. The van der Waals surface area contributed by atoms with Gasteiger partial charge in [0.25, 0.3) is 0 Å². The Morgan fingerprint density at radius 1 is 1.52 bits per heavy atom. The number of aromatic nitrogens is 2. The van der Waals surface area contributed by atoms with Crippen molar-refractivity contribution in [1.82, 2.24) is 14.9 Å². The predicted molar refractivity (Wildman–Crippen MR) is 88.7 cm³/mol. The van der Waals surface area contributed by atoms with Crippen LogP contribution in [0.3, 0.4) is 0 Å². The standard InChI is InChI=1S/C16H24N4O3/c1-4-20-10-13(15(17)19-16(20)22)6-5-8-18-14(21)11-23-9-7-12(2)3/h10,12H,4,7-9,11H2,1-3H3,(H,18,21)(H2,17,19,22). The maximum atomic E-state index is 11.5. The molecule has 0 saturated carbocycles. The quantitative estimate of drug-likeness (QED) is 0.559. The van der Waals surface area contributed by atoms with Crippen LogP contribution in [0, 0.1) is 17.8 Å². The summed E-state index contributed by atoms with van der Waals surface area (Å²) in [5.41, 5.74) is 5.72. The largest absolute Gasteiger partial charge is 0.382 e. The maximum Gasteiger partial charge on any atom is 0.349 e. The Kier molecular flexibility index (Phi) is 7.84. The van der Waals surface area contributed by atoms with Crippen LogP contribution < -0.4 is 16.7 Å². The zero-order valence-corrected chi connectivity index (χ0v) is 13.9. The molecule has 7 nitrogen and oxygen atoms in total. The number of rotatable bonds is 7. The van der Waals surface area contributed by atoms with E-state index in [1.165, 1.54) is 4.57 Å². The number of nitrogens with zero attached hydrogens (tertiary/aromatic N) is 2. The van der Waals surface area contributed by atoms with Gasteiger partial charge in [0, 0.05) is 19.3 Å². The third-order valence-corrected chi connectivity index (χ3v) is 3.03. The molecule has 0 aliphatic rings. The van der Waals surface area contributed by atoms with E-state index in [0.29, 0.717) is 24.6 Å². The van der Waals surface area contributed by atoms with E-state index in [-0.39, 0.29) is 24.9 Å². The van der Waals surface area contributed by atoms with Crippen LogP contribution in [0.25, 0.3) is 0 Å². The molecule has 0 spiro atoms. The fraction of sp³-hybridized carbons (Fsp3) is 0.562. The van der Waals surface area contributed by atoms with Crippen LogP contribution in [0.15, 0.2) is 11.0 Å². The molecule has 0 unspecified atom stereocenters. The van der Waals surface area contributed by atoms with Crippen molar-refractivity contribution >= 4 is 11.7 Å². The topological polar surface area (TPSA) is 99.2 Å². The summed E-state index contributed by atoms with van der Waals surface area (Å²) in [6, 6.07) is 0. The Hall–Kier alpha value is -2.33. The predicted octanol–water partition coefficient (Wildman–Crippen LogP) is 0.376. The van der Waals surface area contributed by atoms with Crippen molar-refractivity contribution in [3.05, 3.63) is 22.2 Å². The minimum Gasteiger partial charge on any atom is -0.382 e. The number of hydrogen-bond donors (Lipinski definition) is 2. The highest BCUT2D eigenvalue weighted by atomic mass is 16.5. The Labute approximate surface area is 136 Å². The number of nitrogens with two attached hydrogens (primary N) is 1. The average molecular weight is 320 g/mol. The summed E-state index contributed by atoms with van der Waals surface area (Å²) >= 11 is 0. The van der Waals surface area contributed by atoms with E-state index in [9.17, 15) is 9.59 Å². The van der Waals surface area contributed by atoms with Crippen molar-refractivity contribution in [3.8, 4) is 11.8 Å². The van der Waals surface area contributed by atoms with Gasteiger partial charge in [-0.2, -0.15) is 4.98 Å². The molecular formula is C16H24N4O3. The van der Waals surface area contributed by atoms with Gasteiger partial charge in [0.1, 0.15) is 12.4 Å². The van der Waals surface area contributed by atoms with Gasteiger partial charge in [-0.25, -0.2) is 4.79 Å². The van der Waals surface area contributed by atoms with E-state index in [0.717, 1.165) is 6.42 Å². The molecule has 3 N–H and O–H groups in total. The average Bonchev–Trinajstić information content (AvgIpc) is 2.49. The van der Waals surface area contributed by atoms with Gasteiger partial charge in [-0.15, -0.1) is 0 Å². The molecule has 0 radical (unpaired) electrons. The molecule has 1 aromatic rings. The van der Waals surface area contributed by atoms with E-state index >= 15 is 0 Å². The molecule has 1 heterocycles. The van der Waals surface area contributed by atoms with Crippen LogP contribution in [0.2, 0.25) is 0 Å². The van der Waals surface area contributed by atoms with Crippen molar-refractivity contribution in [2.45, 2.75) is 33.7 Å². The lowest BCUT2D eigenvalue weighted by molar-refractivity contribution is -0.125. The van der Waals surface area contributed by atoms with E-state index in [2.05, 4.69) is 36.0 Å². The normalized spacial score (nSPS) is 10.3. The Balaban J connectivity index is 2.43. The van der Waals surface area contributed by atoms with Gasteiger partial charge in [0.15, 0.2) is 0 Å². The molecule has 23 heavy (non-hydrogen) atoms. The lowest BCUT2D eigenvalue weighted by atomic mass is 10.1. The Morgan fingerprint density at radius 3 is 2.91 bits per heavy atom. The smallest absolute Gasteiger partial charge is 0.349 e. The molecule has 0 atom stereocenters. The first kappa shape index (κ1) is 18.7. The number of hydrogen-bond acceptors (Lipinski definition) is 5. The lowest BCUT2D eigenvalue weighted by Gasteiger charge is -2.06. The molecule has 0 fully saturated rings. The fourth-order valence-corrected chi connectivity index (χ4v) is 1.64. The van der Waals surface area contributed by atoms with Gasteiger partial charge < -0.3 is 15.8 Å². The van der Waals surface area contributed by atoms with Gasteiger partial charge in [-0.3, -0.25) is 9.36 Å². The minimum absolute atomic E-state index is 0.0266.